The van der Waals surface area contributed by atoms with Gasteiger partial charge in [0, 0.05) is 32.0 Å². The minimum absolute atomic E-state index is 0.00526. The Morgan fingerprint density at radius 2 is 1.91 bits per heavy atom. The molecule has 0 bridgehead atoms. The van der Waals surface area contributed by atoms with E-state index >= 15 is 0 Å². The average molecular weight is 461 g/mol. The molecule has 1 N–H and O–H groups in total. The molecule has 1 aliphatic rings. The van der Waals surface area contributed by atoms with Crippen LogP contribution in [0.5, 0.6) is 5.75 Å². The molecule has 8 heteroatoms. The summed E-state index contributed by atoms with van der Waals surface area (Å²) in [5, 5.41) is 9.73. The molecule has 2 aromatic rings. The molecule has 2 aromatic carbocycles. The number of nitrogens with zero attached hydrogens (tertiary/aromatic N) is 2. The highest BCUT2D eigenvalue weighted by Crippen LogP contribution is 2.36. The number of amides is 1. The number of hydrogen-bond donors (Lipinski definition) is 1. The van der Waals surface area contributed by atoms with E-state index in [2.05, 4.69) is 0 Å². The van der Waals surface area contributed by atoms with Crippen LogP contribution in [0.1, 0.15) is 27.2 Å². The summed E-state index contributed by atoms with van der Waals surface area (Å²) >= 11 is 0. The maximum absolute atomic E-state index is 13.5. The zero-order valence-electron chi connectivity index (χ0n) is 19.1. The standard InChI is InChI=1S/C24H32N2O5S/c1-5-24(28)25(4)15-22-17(2)14-26(18(3)16-27)32(29,30)23-12-11-20(13-21(23)31-22)19-9-7-6-8-10-19/h6-13,17-18,22,27H,5,14-16H2,1-4H3/t17-,18-,22-/m0/s1. The van der Waals surface area contributed by atoms with Crippen molar-refractivity contribution in [2.24, 2.45) is 5.92 Å². The summed E-state index contributed by atoms with van der Waals surface area (Å²) in [4.78, 5) is 13.9. The van der Waals surface area contributed by atoms with Crippen LogP contribution in [0.15, 0.2) is 53.4 Å². The fraction of sp³-hybridized carbons (Fsp3) is 0.458. The topological polar surface area (TPSA) is 87.2 Å². The minimum atomic E-state index is -3.89. The maximum atomic E-state index is 13.5. The van der Waals surface area contributed by atoms with Gasteiger partial charge in [-0.25, -0.2) is 8.42 Å². The minimum Gasteiger partial charge on any atom is -0.487 e. The Bertz CT molecular complexity index is 1040. The van der Waals surface area contributed by atoms with Crippen molar-refractivity contribution in [1.82, 2.24) is 9.21 Å². The van der Waals surface area contributed by atoms with Crippen molar-refractivity contribution in [3.05, 3.63) is 48.5 Å². The highest BCUT2D eigenvalue weighted by molar-refractivity contribution is 7.89. The Morgan fingerprint density at radius 3 is 2.53 bits per heavy atom. The number of sulfonamides is 1. The van der Waals surface area contributed by atoms with E-state index in [4.69, 9.17) is 4.74 Å². The molecule has 1 amide bonds. The van der Waals surface area contributed by atoms with Gasteiger partial charge >= 0.3 is 0 Å². The number of benzene rings is 2. The Balaban J connectivity index is 2.11. The summed E-state index contributed by atoms with van der Waals surface area (Å²) in [6.07, 6.45) is -0.0295. The molecule has 1 aliphatic heterocycles. The summed E-state index contributed by atoms with van der Waals surface area (Å²) in [6.45, 7) is 5.64. The highest BCUT2D eigenvalue weighted by Gasteiger charge is 2.38. The van der Waals surface area contributed by atoms with Gasteiger partial charge in [0.2, 0.25) is 15.9 Å². The third-order valence-corrected chi connectivity index (χ3v) is 7.98. The van der Waals surface area contributed by atoms with Gasteiger partial charge in [0.15, 0.2) is 0 Å². The molecule has 32 heavy (non-hydrogen) atoms. The molecule has 174 valence electrons. The number of aliphatic hydroxyl groups is 1. The van der Waals surface area contributed by atoms with Crippen molar-refractivity contribution in [2.75, 3.05) is 26.7 Å². The molecule has 7 nitrogen and oxygen atoms in total. The van der Waals surface area contributed by atoms with E-state index < -0.39 is 22.2 Å². The van der Waals surface area contributed by atoms with Crippen LogP contribution in [0.3, 0.4) is 0 Å². The van der Waals surface area contributed by atoms with Crippen LogP contribution in [0.2, 0.25) is 0 Å². The second-order valence-corrected chi connectivity index (χ2v) is 10.3. The second kappa shape index (κ2) is 10.0. The molecule has 0 saturated heterocycles. The molecule has 0 saturated carbocycles. The van der Waals surface area contributed by atoms with Crippen LogP contribution in [0.25, 0.3) is 11.1 Å². The quantitative estimate of drug-likeness (QED) is 0.716. The lowest BCUT2D eigenvalue weighted by Crippen LogP contribution is -2.50. The molecule has 0 aromatic heterocycles. The Morgan fingerprint density at radius 1 is 1.22 bits per heavy atom. The van der Waals surface area contributed by atoms with Crippen molar-refractivity contribution < 1.29 is 23.1 Å². The first-order chi connectivity index (χ1) is 15.2. The van der Waals surface area contributed by atoms with Gasteiger partial charge in [-0.1, -0.05) is 50.2 Å². The molecule has 1 heterocycles. The molecule has 0 unspecified atom stereocenters. The fourth-order valence-electron chi connectivity index (χ4n) is 3.90. The van der Waals surface area contributed by atoms with Crippen molar-refractivity contribution in [3.8, 4) is 16.9 Å². The van der Waals surface area contributed by atoms with E-state index in [1.54, 1.807) is 44.0 Å². The number of aliphatic hydroxyl groups excluding tert-OH is 1. The highest BCUT2D eigenvalue weighted by atomic mass is 32.2. The normalized spacial score (nSPS) is 21.5. The number of hydrogen-bond acceptors (Lipinski definition) is 5. The Kier molecular flexibility index (Phi) is 7.59. The van der Waals surface area contributed by atoms with Crippen molar-refractivity contribution in [1.29, 1.82) is 0 Å². The van der Waals surface area contributed by atoms with Gasteiger partial charge < -0.3 is 14.7 Å². The van der Waals surface area contributed by atoms with E-state index in [-0.39, 0.29) is 35.6 Å². The number of ether oxygens (including phenoxy) is 1. The first-order valence-electron chi connectivity index (χ1n) is 10.9. The summed E-state index contributed by atoms with van der Waals surface area (Å²) in [6, 6.07) is 14.2. The van der Waals surface area contributed by atoms with Gasteiger partial charge in [-0.15, -0.1) is 0 Å². The SMILES string of the molecule is CCC(=O)N(C)C[C@@H]1Oc2cc(-c3ccccc3)ccc2S(=O)(=O)N([C@@H](C)CO)C[C@@H]1C. The third-order valence-electron chi connectivity index (χ3n) is 5.96. The molecule has 0 aliphatic carbocycles. The number of rotatable bonds is 6. The summed E-state index contributed by atoms with van der Waals surface area (Å²) in [7, 11) is -2.16. The van der Waals surface area contributed by atoms with Gasteiger partial charge in [0.05, 0.1) is 13.2 Å². The van der Waals surface area contributed by atoms with E-state index in [1.807, 2.05) is 37.3 Å². The number of carbonyl (C=O) groups excluding carboxylic acids is 1. The zero-order chi connectivity index (χ0) is 23.5. The molecular formula is C24H32N2O5S. The number of likely N-dealkylation sites (N-methyl/N-ethyl adjacent to an activating group) is 1. The fourth-order valence-corrected chi connectivity index (χ4v) is 5.72. The lowest BCUT2D eigenvalue weighted by atomic mass is 10.0. The number of fused-ring (bicyclic) bond motifs is 1. The maximum Gasteiger partial charge on any atom is 0.247 e. The second-order valence-electron chi connectivity index (χ2n) is 8.40. The molecule has 3 rings (SSSR count). The molecule has 3 atom stereocenters. The van der Waals surface area contributed by atoms with Crippen LogP contribution in [-0.4, -0.2) is 67.5 Å². The van der Waals surface area contributed by atoms with Crippen molar-refractivity contribution >= 4 is 15.9 Å². The lowest BCUT2D eigenvalue weighted by molar-refractivity contribution is -0.131. The predicted molar refractivity (Wildman–Crippen MR) is 124 cm³/mol. The van der Waals surface area contributed by atoms with Gasteiger partial charge in [0.25, 0.3) is 0 Å². The van der Waals surface area contributed by atoms with Crippen LogP contribution < -0.4 is 4.74 Å². The molecular weight excluding hydrogens is 428 g/mol. The van der Waals surface area contributed by atoms with Crippen LogP contribution in [0, 0.1) is 5.92 Å². The lowest BCUT2D eigenvalue weighted by Gasteiger charge is -2.37. The third kappa shape index (κ3) is 4.98. The van der Waals surface area contributed by atoms with Crippen LogP contribution in [0.4, 0.5) is 0 Å². The predicted octanol–water partition coefficient (Wildman–Crippen LogP) is 2.99. The van der Waals surface area contributed by atoms with Crippen molar-refractivity contribution in [3.63, 3.8) is 0 Å². The molecule has 0 radical (unpaired) electrons. The smallest absolute Gasteiger partial charge is 0.247 e. The molecule has 0 fully saturated rings. The summed E-state index contributed by atoms with van der Waals surface area (Å²) < 4.78 is 34.7. The first kappa shape index (κ1) is 24.2. The van der Waals surface area contributed by atoms with Gasteiger partial charge in [-0.3, -0.25) is 4.79 Å². The largest absolute Gasteiger partial charge is 0.487 e. The van der Waals surface area contributed by atoms with Crippen molar-refractivity contribution in [2.45, 2.75) is 44.2 Å². The molecule has 0 spiro atoms. The van der Waals surface area contributed by atoms with E-state index in [0.29, 0.717) is 13.0 Å². The monoisotopic (exact) mass is 460 g/mol. The summed E-state index contributed by atoms with van der Waals surface area (Å²) in [5.41, 5.74) is 1.79. The van der Waals surface area contributed by atoms with Crippen LogP contribution >= 0.6 is 0 Å². The Hall–Kier alpha value is -2.42. The van der Waals surface area contributed by atoms with Gasteiger partial charge in [-0.05, 0) is 30.2 Å². The van der Waals surface area contributed by atoms with E-state index in [0.717, 1.165) is 11.1 Å². The van der Waals surface area contributed by atoms with Crippen LogP contribution in [-0.2, 0) is 14.8 Å². The van der Waals surface area contributed by atoms with E-state index in [9.17, 15) is 18.3 Å². The summed E-state index contributed by atoms with van der Waals surface area (Å²) in [5.74, 6) is 0.0455. The number of carbonyl (C=O) groups is 1. The van der Waals surface area contributed by atoms with Gasteiger partial charge in [-0.2, -0.15) is 4.31 Å². The zero-order valence-corrected chi connectivity index (χ0v) is 19.9. The average Bonchev–Trinajstić information content (AvgIpc) is 2.80. The van der Waals surface area contributed by atoms with E-state index in [1.165, 1.54) is 4.31 Å². The van der Waals surface area contributed by atoms with Gasteiger partial charge in [0.1, 0.15) is 16.7 Å². The Labute approximate surface area is 190 Å². The first-order valence-corrected chi connectivity index (χ1v) is 12.4.